The maximum atomic E-state index is 10.2. The molecule has 16 heavy (non-hydrogen) atoms. The zero-order valence-corrected chi connectivity index (χ0v) is 10.9. The van der Waals surface area contributed by atoms with Crippen LogP contribution in [-0.2, 0) is 0 Å². The summed E-state index contributed by atoms with van der Waals surface area (Å²) in [6.07, 6.45) is -0.712. The van der Waals surface area contributed by atoms with Gasteiger partial charge >= 0.3 is 0 Å². The predicted molar refractivity (Wildman–Crippen MR) is 69.6 cm³/mol. The number of aliphatic hydroxyl groups excluding tert-OH is 1. The minimum Gasteiger partial charge on any atom is -0.384 e. The molecule has 84 valence electrons. The average molecular weight is 273 g/mol. The molecule has 0 bridgehead atoms. The maximum Gasteiger partial charge on any atom is 0.106 e. The van der Waals surface area contributed by atoms with Gasteiger partial charge in [0, 0.05) is 10.4 Å². The van der Waals surface area contributed by atoms with E-state index in [0.29, 0.717) is 15.6 Å². The summed E-state index contributed by atoms with van der Waals surface area (Å²) in [5.41, 5.74) is 1.50. The van der Waals surface area contributed by atoms with Crippen LogP contribution in [0.4, 0.5) is 0 Å². The molecule has 1 aromatic heterocycles. The van der Waals surface area contributed by atoms with Crippen LogP contribution in [0.5, 0.6) is 0 Å². The van der Waals surface area contributed by atoms with E-state index in [1.165, 1.54) is 0 Å². The minimum absolute atomic E-state index is 0.417. The quantitative estimate of drug-likeness (QED) is 0.857. The van der Waals surface area contributed by atoms with Crippen molar-refractivity contribution >= 4 is 34.5 Å². The van der Waals surface area contributed by atoms with Crippen molar-refractivity contribution in [3.05, 3.63) is 55.7 Å². The SMILES string of the molecule is Cc1cc(C(O)c2cccc(Cl)c2Cl)cs1. The van der Waals surface area contributed by atoms with Gasteiger partial charge in [0.25, 0.3) is 0 Å². The number of rotatable bonds is 2. The maximum absolute atomic E-state index is 10.2. The van der Waals surface area contributed by atoms with Gasteiger partial charge in [-0.3, -0.25) is 0 Å². The second kappa shape index (κ2) is 4.76. The number of aliphatic hydroxyl groups is 1. The summed E-state index contributed by atoms with van der Waals surface area (Å²) in [5, 5.41) is 13.0. The molecule has 0 spiro atoms. The standard InChI is InChI=1S/C12H10Cl2OS/c1-7-5-8(6-16-7)12(15)9-3-2-4-10(13)11(9)14/h2-6,12,15H,1H3. The second-order valence-corrected chi connectivity index (χ2v) is 5.44. The summed E-state index contributed by atoms with van der Waals surface area (Å²) in [7, 11) is 0. The molecule has 1 atom stereocenters. The van der Waals surface area contributed by atoms with Crippen molar-refractivity contribution in [1.29, 1.82) is 0 Å². The first-order chi connectivity index (χ1) is 7.59. The predicted octanol–water partition coefficient (Wildman–Crippen LogP) is 4.45. The summed E-state index contributed by atoms with van der Waals surface area (Å²) in [6, 6.07) is 7.23. The Balaban J connectivity index is 2.41. The molecule has 0 amide bonds. The first kappa shape index (κ1) is 11.9. The Morgan fingerprint density at radius 1 is 1.31 bits per heavy atom. The molecule has 1 heterocycles. The van der Waals surface area contributed by atoms with E-state index in [2.05, 4.69) is 0 Å². The highest BCUT2D eigenvalue weighted by molar-refractivity contribution is 7.10. The molecule has 1 N–H and O–H groups in total. The minimum atomic E-state index is -0.712. The third kappa shape index (κ3) is 2.25. The summed E-state index contributed by atoms with van der Waals surface area (Å²) >= 11 is 13.6. The summed E-state index contributed by atoms with van der Waals surface area (Å²) < 4.78 is 0. The molecule has 1 aromatic carbocycles. The average Bonchev–Trinajstić information content (AvgIpc) is 2.68. The lowest BCUT2D eigenvalue weighted by Crippen LogP contribution is -1.99. The van der Waals surface area contributed by atoms with E-state index in [1.807, 2.05) is 18.4 Å². The van der Waals surface area contributed by atoms with E-state index >= 15 is 0 Å². The largest absolute Gasteiger partial charge is 0.384 e. The normalized spacial score (nSPS) is 12.8. The van der Waals surface area contributed by atoms with Crippen LogP contribution in [0.2, 0.25) is 10.0 Å². The van der Waals surface area contributed by atoms with Gasteiger partial charge < -0.3 is 5.11 Å². The van der Waals surface area contributed by atoms with Crippen molar-refractivity contribution in [2.24, 2.45) is 0 Å². The van der Waals surface area contributed by atoms with Crippen LogP contribution in [0.1, 0.15) is 22.1 Å². The Bertz CT molecular complexity index is 507. The fraction of sp³-hybridized carbons (Fsp3) is 0.167. The number of hydrogen-bond acceptors (Lipinski definition) is 2. The van der Waals surface area contributed by atoms with Gasteiger partial charge in [-0.05, 0) is 30.0 Å². The molecule has 0 saturated heterocycles. The van der Waals surface area contributed by atoms with Crippen LogP contribution in [0.3, 0.4) is 0 Å². The Labute approximate surface area is 108 Å². The second-order valence-electron chi connectivity index (χ2n) is 3.54. The van der Waals surface area contributed by atoms with E-state index in [4.69, 9.17) is 23.2 Å². The van der Waals surface area contributed by atoms with Gasteiger partial charge in [-0.15, -0.1) is 11.3 Å². The Kier molecular flexibility index (Phi) is 3.55. The number of aryl methyl sites for hydroxylation is 1. The summed E-state index contributed by atoms with van der Waals surface area (Å²) in [5.74, 6) is 0. The molecule has 1 nitrogen and oxygen atoms in total. The van der Waals surface area contributed by atoms with Crippen LogP contribution >= 0.6 is 34.5 Å². The smallest absolute Gasteiger partial charge is 0.106 e. The van der Waals surface area contributed by atoms with Crippen molar-refractivity contribution in [2.45, 2.75) is 13.0 Å². The highest BCUT2D eigenvalue weighted by Crippen LogP contribution is 2.34. The van der Waals surface area contributed by atoms with E-state index in [9.17, 15) is 5.11 Å². The molecule has 2 aromatic rings. The fourth-order valence-corrected chi connectivity index (χ4v) is 2.65. The molecule has 0 aliphatic carbocycles. The lowest BCUT2D eigenvalue weighted by atomic mass is 10.0. The number of benzene rings is 1. The number of hydrogen-bond donors (Lipinski definition) is 1. The Morgan fingerprint density at radius 3 is 2.69 bits per heavy atom. The molecular formula is C12H10Cl2OS. The van der Waals surface area contributed by atoms with Crippen LogP contribution in [0.25, 0.3) is 0 Å². The molecule has 0 saturated carbocycles. The first-order valence-corrected chi connectivity index (χ1v) is 6.40. The van der Waals surface area contributed by atoms with Gasteiger partial charge in [0.2, 0.25) is 0 Å². The molecule has 0 aliphatic rings. The highest BCUT2D eigenvalue weighted by Gasteiger charge is 2.16. The lowest BCUT2D eigenvalue weighted by molar-refractivity contribution is 0.221. The molecule has 0 aliphatic heterocycles. The van der Waals surface area contributed by atoms with Crippen molar-refractivity contribution in [2.75, 3.05) is 0 Å². The van der Waals surface area contributed by atoms with Crippen molar-refractivity contribution in [1.82, 2.24) is 0 Å². The van der Waals surface area contributed by atoms with Crippen LogP contribution < -0.4 is 0 Å². The Hall–Kier alpha value is -0.540. The molecule has 0 radical (unpaired) electrons. The first-order valence-electron chi connectivity index (χ1n) is 4.76. The van der Waals surface area contributed by atoms with Gasteiger partial charge in [-0.2, -0.15) is 0 Å². The van der Waals surface area contributed by atoms with E-state index in [-0.39, 0.29) is 0 Å². The highest BCUT2D eigenvalue weighted by atomic mass is 35.5. The number of thiophene rings is 1. The van der Waals surface area contributed by atoms with Crippen molar-refractivity contribution in [3.8, 4) is 0 Å². The third-order valence-electron chi connectivity index (χ3n) is 2.34. The summed E-state index contributed by atoms with van der Waals surface area (Å²) in [4.78, 5) is 1.16. The molecule has 0 fully saturated rings. The van der Waals surface area contributed by atoms with Crippen molar-refractivity contribution in [3.63, 3.8) is 0 Å². The topological polar surface area (TPSA) is 20.2 Å². The third-order valence-corrected chi connectivity index (χ3v) is 4.06. The van der Waals surface area contributed by atoms with E-state index in [0.717, 1.165) is 10.4 Å². The van der Waals surface area contributed by atoms with Gasteiger partial charge in [0.1, 0.15) is 6.10 Å². The van der Waals surface area contributed by atoms with Crippen LogP contribution in [0.15, 0.2) is 29.6 Å². The molecule has 1 unspecified atom stereocenters. The van der Waals surface area contributed by atoms with Gasteiger partial charge in [-0.25, -0.2) is 0 Å². The number of halogens is 2. The van der Waals surface area contributed by atoms with Gasteiger partial charge in [-0.1, -0.05) is 35.3 Å². The van der Waals surface area contributed by atoms with E-state index < -0.39 is 6.10 Å². The molecular weight excluding hydrogens is 263 g/mol. The van der Waals surface area contributed by atoms with Gasteiger partial charge in [0.05, 0.1) is 10.0 Å². The molecule has 4 heteroatoms. The Morgan fingerprint density at radius 2 is 2.06 bits per heavy atom. The monoisotopic (exact) mass is 272 g/mol. The molecule has 2 rings (SSSR count). The van der Waals surface area contributed by atoms with Crippen molar-refractivity contribution < 1.29 is 5.11 Å². The zero-order valence-electron chi connectivity index (χ0n) is 8.58. The van der Waals surface area contributed by atoms with E-state index in [1.54, 1.807) is 29.5 Å². The fourth-order valence-electron chi connectivity index (χ4n) is 1.52. The lowest BCUT2D eigenvalue weighted by Gasteiger charge is -2.11. The summed E-state index contributed by atoms with van der Waals surface area (Å²) in [6.45, 7) is 2.00. The van der Waals surface area contributed by atoms with Crippen LogP contribution in [-0.4, -0.2) is 5.11 Å². The zero-order chi connectivity index (χ0) is 11.7. The van der Waals surface area contributed by atoms with Crippen LogP contribution in [0, 0.1) is 6.92 Å². The van der Waals surface area contributed by atoms with Gasteiger partial charge in [0.15, 0.2) is 0 Å².